The maximum Gasteiger partial charge on any atom is 0.315 e. The van der Waals surface area contributed by atoms with Crippen molar-refractivity contribution >= 4 is 17.9 Å². The van der Waals surface area contributed by atoms with Crippen molar-refractivity contribution in [1.82, 2.24) is 15.5 Å². The van der Waals surface area contributed by atoms with Gasteiger partial charge in [0.05, 0.1) is 5.92 Å². The van der Waals surface area contributed by atoms with Crippen molar-refractivity contribution < 1.29 is 19.5 Å². The molecule has 1 rings (SSSR count). The van der Waals surface area contributed by atoms with Gasteiger partial charge < -0.3 is 20.6 Å². The summed E-state index contributed by atoms with van der Waals surface area (Å²) in [6, 6.07) is -0.428. The number of nitrogens with zero attached hydrogens (tertiary/aromatic N) is 1. The number of hydrogen-bond acceptors (Lipinski definition) is 3. The standard InChI is InChI=1S/C14H25N3O4/c1-3-17(4-2)12(18)7-8-15-14(21)16-11-6-5-10(9-11)13(19)20/h10-11H,3-9H2,1-2H3,(H,19,20)(H2,15,16,21). The topological polar surface area (TPSA) is 98.7 Å². The van der Waals surface area contributed by atoms with Gasteiger partial charge >= 0.3 is 12.0 Å². The van der Waals surface area contributed by atoms with E-state index < -0.39 is 5.97 Å². The third kappa shape index (κ3) is 5.61. The van der Waals surface area contributed by atoms with Gasteiger partial charge in [0.25, 0.3) is 0 Å². The van der Waals surface area contributed by atoms with Crippen molar-refractivity contribution in [3.8, 4) is 0 Å². The van der Waals surface area contributed by atoms with Gasteiger partial charge in [-0.15, -0.1) is 0 Å². The molecule has 0 bridgehead atoms. The summed E-state index contributed by atoms with van der Waals surface area (Å²) in [6.45, 7) is 5.46. The predicted octanol–water partition coefficient (Wildman–Crippen LogP) is 0.797. The lowest BCUT2D eigenvalue weighted by molar-refractivity contribution is -0.141. The predicted molar refractivity (Wildman–Crippen MR) is 77.8 cm³/mol. The van der Waals surface area contributed by atoms with Crippen molar-refractivity contribution in [2.45, 2.75) is 45.6 Å². The van der Waals surface area contributed by atoms with E-state index in [9.17, 15) is 14.4 Å². The van der Waals surface area contributed by atoms with E-state index >= 15 is 0 Å². The van der Waals surface area contributed by atoms with Crippen LogP contribution in [0.2, 0.25) is 0 Å². The van der Waals surface area contributed by atoms with E-state index in [0.29, 0.717) is 32.4 Å². The fourth-order valence-electron chi connectivity index (χ4n) is 2.59. The van der Waals surface area contributed by atoms with E-state index in [1.54, 1.807) is 4.90 Å². The smallest absolute Gasteiger partial charge is 0.315 e. The third-order valence-electron chi connectivity index (χ3n) is 3.86. The number of aliphatic carboxylic acids is 1. The number of hydrogen-bond donors (Lipinski definition) is 3. The lowest BCUT2D eigenvalue weighted by Gasteiger charge is -2.19. The Morgan fingerprint density at radius 1 is 1.19 bits per heavy atom. The lowest BCUT2D eigenvalue weighted by atomic mass is 10.1. The average Bonchev–Trinajstić information content (AvgIpc) is 2.88. The van der Waals surface area contributed by atoms with Crippen LogP contribution in [-0.2, 0) is 9.59 Å². The molecule has 3 N–H and O–H groups in total. The fourth-order valence-corrected chi connectivity index (χ4v) is 2.59. The summed E-state index contributed by atoms with van der Waals surface area (Å²) >= 11 is 0. The van der Waals surface area contributed by atoms with Gasteiger partial charge in [0.2, 0.25) is 5.91 Å². The van der Waals surface area contributed by atoms with E-state index in [0.717, 1.165) is 0 Å². The number of carboxylic acids is 1. The van der Waals surface area contributed by atoms with Crippen LogP contribution in [0.4, 0.5) is 4.79 Å². The Bertz CT molecular complexity index is 382. The largest absolute Gasteiger partial charge is 0.481 e. The molecule has 1 aliphatic rings. The monoisotopic (exact) mass is 299 g/mol. The van der Waals surface area contributed by atoms with Crippen LogP contribution < -0.4 is 10.6 Å². The Labute approximate surface area is 125 Å². The Kier molecular flexibility index (Phi) is 6.98. The van der Waals surface area contributed by atoms with Crippen LogP contribution in [0.3, 0.4) is 0 Å². The van der Waals surface area contributed by atoms with Gasteiger partial charge in [-0.25, -0.2) is 4.79 Å². The molecule has 0 aromatic rings. The first-order valence-corrected chi connectivity index (χ1v) is 7.52. The zero-order valence-corrected chi connectivity index (χ0v) is 12.7. The molecule has 7 nitrogen and oxygen atoms in total. The molecule has 1 fully saturated rings. The molecule has 0 aromatic carbocycles. The van der Waals surface area contributed by atoms with E-state index in [-0.39, 0.29) is 36.9 Å². The highest BCUT2D eigenvalue weighted by Gasteiger charge is 2.30. The van der Waals surface area contributed by atoms with Crippen molar-refractivity contribution in [1.29, 1.82) is 0 Å². The van der Waals surface area contributed by atoms with Crippen molar-refractivity contribution in [3.05, 3.63) is 0 Å². The van der Waals surface area contributed by atoms with E-state index in [2.05, 4.69) is 10.6 Å². The SMILES string of the molecule is CCN(CC)C(=O)CCNC(=O)NC1CCC(C(=O)O)C1. The normalized spacial score (nSPS) is 20.9. The van der Waals surface area contributed by atoms with Gasteiger partial charge in [-0.2, -0.15) is 0 Å². The second kappa shape index (κ2) is 8.49. The van der Waals surface area contributed by atoms with Gasteiger partial charge in [0, 0.05) is 32.1 Å². The Morgan fingerprint density at radius 2 is 1.86 bits per heavy atom. The van der Waals surface area contributed by atoms with Crippen LogP contribution in [0, 0.1) is 5.92 Å². The fraction of sp³-hybridized carbons (Fsp3) is 0.786. The first-order valence-electron chi connectivity index (χ1n) is 7.52. The summed E-state index contributed by atoms with van der Waals surface area (Å²) in [4.78, 5) is 36.0. The highest BCUT2D eigenvalue weighted by atomic mass is 16.4. The number of nitrogens with one attached hydrogen (secondary N) is 2. The van der Waals surface area contributed by atoms with Crippen LogP contribution in [-0.4, -0.2) is 53.6 Å². The third-order valence-corrected chi connectivity index (χ3v) is 3.86. The first-order chi connectivity index (χ1) is 9.97. The molecule has 21 heavy (non-hydrogen) atoms. The summed E-state index contributed by atoms with van der Waals surface area (Å²) in [6.07, 6.45) is 2.03. The molecule has 0 aliphatic heterocycles. The van der Waals surface area contributed by atoms with Crippen LogP contribution in [0.5, 0.6) is 0 Å². The molecule has 0 saturated heterocycles. The maximum atomic E-state index is 11.7. The molecule has 0 radical (unpaired) electrons. The molecular weight excluding hydrogens is 274 g/mol. The van der Waals surface area contributed by atoms with Crippen molar-refractivity contribution in [3.63, 3.8) is 0 Å². The van der Waals surface area contributed by atoms with Crippen LogP contribution in [0.15, 0.2) is 0 Å². The molecular formula is C14H25N3O4. The van der Waals surface area contributed by atoms with E-state index in [1.165, 1.54) is 0 Å². The van der Waals surface area contributed by atoms with Gasteiger partial charge in [-0.05, 0) is 33.1 Å². The number of urea groups is 1. The van der Waals surface area contributed by atoms with Crippen LogP contribution in [0.1, 0.15) is 39.5 Å². The van der Waals surface area contributed by atoms with Crippen LogP contribution in [0.25, 0.3) is 0 Å². The number of carbonyl (C=O) groups excluding carboxylic acids is 2. The highest BCUT2D eigenvalue weighted by molar-refractivity contribution is 5.78. The summed E-state index contributed by atoms with van der Waals surface area (Å²) in [5.74, 6) is -1.14. The van der Waals surface area contributed by atoms with Gasteiger partial charge in [0.1, 0.15) is 0 Å². The second-order valence-corrected chi connectivity index (χ2v) is 5.26. The van der Waals surface area contributed by atoms with E-state index in [4.69, 9.17) is 5.11 Å². The number of carboxylic acid groups (broad SMARTS) is 1. The molecule has 120 valence electrons. The van der Waals surface area contributed by atoms with Gasteiger partial charge in [-0.1, -0.05) is 0 Å². The summed E-state index contributed by atoms with van der Waals surface area (Å²) < 4.78 is 0. The minimum atomic E-state index is -0.801. The first kappa shape index (κ1) is 17.3. The summed E-state index contributed by atoms with van der Waals surface area (Å²) in [5, 5.41) is 14.3. The zero-order chi connectivity index (χ0) is 15.8. The molecule has 1 saturated carbocycles. The number of rotatable bonds is 7. The van der Waals surface area contributed by atoms with Crippen LogP contribution >= 0.6 is 0 Å². The lowest BCUT2D eigenvalue weighted by Crippen LogP contribution is -2.42. The van der Waals surface area contributed by atoms with Gasteiger partial charge in [-0.3, -0.25) is 9.59 Å². The maximum absolute atomic E-state index is 11.7. The van der Waals surface area contributed by atoms with E-state index in [1.807, 2.05) is 13.8 Å². The summed E-state index contributed by atoms with van der Waals surface area (Å²) in [5.41, 5.74) is 0. The van der Waals surface area contributed by atoms with Crippen molar-refractivity contribution in [2.75, 3.05) is 19.6 Å². The highest BCUT2D eigenvalue weighted by Crippen LogP contribution is 2.25. The minimum absolute atomic E-state index is 0.0205. The molecule has 0 heterocycles. The molecule has 2 unspecified atom stereocenters. The van der Waals surface area contributed by atoms with Gasteiger partial charge in [0.15, 0.2) is 0 Å². The molecule has 3 amide bonds. The second-order valence-electron chi connectivity index (χ2n) is 5.26. The molecule has 1 aliphatic carbocycles. The molecule has 0 aromatic heterocycles. The minimum Gasteiger partial charge on any atom is -0.481 e. The Morgan fingerprint density at radius 3 is 2.38 bits per heavy atom. The van der Waals surface area contributed by atoms with Crippen molar-refractivity contribution in [2.24, 2.45) is 5.92 Å². The average molecular weight is 299 g/mol. The molecule has 0 spiro atoms. The quantitative estimate of drug-likeness (QED) is 0.647. The number of carbonyl (C=O) groups is 3. The number of amides is 3. The molecule has 7 heteroatoms. The summed E-state index contributed by atoms with van der Waals surface area (Å²) in [7, 11) is 0. The molecule has 2 atom stereocenters. The Hall–Kier alpha value is -1.79. The Balaban J connectivity index is 2.20. The zero-order valence-electron chi connectivity index (χ0n) is 12.7.